The Labute approximate surface area is 214 Å². The van der Waals surface area contributed by atoms with Crippen LogP contribution in [0.25, 0.3) is 11.6 Å². The molecule has 0 unspecified atom stereocenters. The normalized spacial score (nSPS) is 14.1. The second-order valence-corrected chi connectivity index (χ2v) is 8.76. The van der Waals surface area contributed by atoms with Crippen LogP contribution in [-0.2, 0) is 11.3 Å². The molecule has 1 aliphatic heterocycles. The molecule has 0 saturated heterocycles. The van der Waals surface area contributed by atoms with Gasteiger partial charge in [0.15, 0.2) is 5.82 Å². The van der Waals surface area contributed by atoms with Crippen molar-refractivity contribution in [1.82, 2.24) is 30.2 Å². The van der Waals surface area contributed by atoms with E-state index in [1.165, 1.54) is 4.90 Å². The number of hydrogen-bond donors (Lipinski definition) is 3. The summed E-state index contributed by atoms with van der Waals surface area (Å²) >= 11 is 6.43. The number of amides is 2. The molecule has 0 spiro atoms. The van der Waals surface area contributed by atoms with E-state index in [0.717, 1.165) is 30.8 Å². The Morgan fingerprint density at radius 3 is 2.78 bits per heavy atom. The first-order valence-corrected chi connectivity index (χ1v) is 12.2. The fraction of sp³-hybridized carbons (Fsp3) is 0.320. The fourth-order valence-corrected chi connectivity index (χ4v) is 4.45. The fourth-order valence-electron chi connectivity index (χ4n) is 4.17. The van der Waals surface area contributed by atoms with Gasteiger partial charge >= 0.3 is 0 Å². The minimum atomic E-state index is -0.296. The number of carbonyl (C=O) groups is 2. The zero-order chi connectivity index (χ0) is 25.8. The molecule has 3 aromatic heterocycles. The molecule has 0 atom stereocenters. The summed E-state index contributed by atoms with van der Waals surface area (Å²) in [6.45, 7) is 9.44. The Morgan fingerprint density at radius 1 is 1.31 bits per heavy atom. The average Bonchev–Trinajstić information content (AvgIpc) is 3.35. The highest BCUT2D eigenvalue weighted by Crippen LogP contribution is 2.41. The first-order chi connectivity index (χ1) is 17.3. The Kier molecular flexibility index (Phi) is 7.66. The number of nitrogens with two attached hydrogens (primary N) is 1. The maximum atomic E-state index is 13.5. The predicted molar refractivity (Wildman–Crippen MR) is 140 cm³/mol. The van der Waals surface area contributed by atoms with Gasteiger partial charge in [-0.15, -0.1) is 0 Å². The van der Waals surface area contributed by atoms with Crippen molar-refractivity contribution in [2.45, 2.75) is 27.3 Å². The maximum absolute atomic E-state index is 13.5. The van der Waals surface area contributed by atoms with Gasteiger partial charge in [0, 0.05) is 37.4 Å². The molecular weight excluding hydrogens is 480 g/mol. The van der Waals surface area contributed by atoms with Gasteiger partial charge in [0.05, 0.1) is 23.2 Å². The maximum Gasteiger partial charge on any atom is 0.260 e. The van der Waals surface area contributed by atoms with Crippen LogP contribution in [0.3, 0.4) is 0 Å². The van der Waals surface area contributed by atoms with Crippen molar-refractivity contribution in [2.75, 3.05) is 36.8 Å². The number of nitrogens with zero attached hydrogens (tertiary/aromatic N) is 5. The van der Waals surface area contributed by atoms with Gasteiger partial charge in [-0.1, -0.05) is 31.5 Å². The summed E-state index contributed by atoms with van der Waals surface area (Å²) < 4.78 is 0. The molecule has 2 amide bonds. The van der Waals surface area contributed by atoms with Crippen LogP contribution in [0.4, 0.5) is 11.8 Å². The van der Waals surface area contributed by atoms with Crippen LogP contribution in [0.1, 0.15) is 46.6 Å². The first kappa shape index (κ1) is 25.3. The van der Waals surface area contributed by atoms with E-state index in [2.05, 4.69) is 44.0 Å². The van der Waals surface area contributed by atoms with Crippen molar-refractivity contribution in [3.8, 4) is 0 Å². The van der Waals surface area contributed by atoms with Crippen molar-refractivity contribution >= 4 is 46.8 Å². The van der Waals surface area contributed by atoms with Crippen LogP contribution in [-0.4, -0.2) is 62.8 Å². The highest BCUT2D eigenvalue weighted by Gasteiger charge is 2.37. The van der Waals surface area contributed by atoms with Gasteiger partial charge in [-0.2, -0.15) is 4.98 Å². The van der Waals surface area contributed by atoms with Crippen LogP contribution < -0.4 is 16.0 Å². The number of fused-ring (bicyclic) bond motifs is 1. The zero-order valence-corrected chi connectivity index (χ0v) is 21.3. The number of anilines is 2. The summed E-state index contributed by atoms with van der Waals surface area (Å²) in [6.07, 6.45) is 6.67. The third kappa shape index (κ3) is 5.09. The molecule has 188 valence electrons. The van der Waals surface area contributed by atoms with Gasteiger partial charge in [0.25, 0.3) is 11.8 Å². The molecule has 1 aliphatic rings. The number of carbonyl (C=O) groups excluding carboxylic acids is 2. The lowest BCUT2D eigenvalue weighted by atomic mass is 10.1. The van der Waals surface area contributed by atoms with Crippen LogP contribution in [0.15, 0.2) is 30.7 Å². The molecule has 0 bridgehead atoms. The topological polar surface area (TPSA) is 133 Å². The number of hydrogen-bond acceptors (Lipinski definition) is 7. The Balaban J connectivity index is 1.62. The summed E-state index contributed by atoms with van der Waals surface area (Å²) in [7, 11) is 0. The van der Waals surface area contributed by atoms with Crippen molar-refractivity contribution < 1.29 is 9.59 Å². The Hall–Kier alpha value is -3.76. The van der Waals surface area contributed by atoms with E-state index in [1.54, 1.807) is 30.7 Å². The van der Waals surface area contributed by atoms with E-state index in [0.29, 0.717) is 34.8 Å². The Morgan fingerprint density at radius 2 is 2.08 bits per heavy atom. The number of halogens is 1. The van der Waals surface area contributed by atoms with Crippen LogP contribution >= 0.6 is 11.6 Å². The largest absolute Gasteiger partial charge is 0.368 e. The van der Waals surface area contributed by atoms with Crippen LogP contribution in [0.5, 0.6) is 0 Å². The SMILES string of the molecule is CCN(CC)CCNC(=O)c1c[nH]c(/C=C2\C(=O)N(Cc3cccnc3)c3nc(N)nc(Cl)c32)c1C. The van der Waals surface area contributed by atoms with Crippen molar-refractivity contribution in [2.24, 2.45) is 0 Å². The number of aromatic amines is 1. The molecule has 36 heavy (non-hydrogen) atoms. The number of likely N-dealkylation sites (N-methyl/N-ethyl adjacent to an activating group) is 1. The second-order valence-electron chi connectivity index (χ2n) is 8.41. The zero-order valence-electron chi connectivity index (χ0n) is 20.5. The summed E-state index contributed by atoms with van der Waals surface area (Å²) in [4.78, 5) is 45.6. The van der Waals surface area contributed by atoms with E-state index >= 15 is 0 Å². The van der Waals surface area contributed by atoms with Gasteiger partial charge < -0.3 is 20.9 Å². The molecule has 4 rings (SSSR count). The van der Waals surface area contributed by atoms with E-state index in [1.807, 2.05) is 13.0 Å². The van der Waals surface area contributed by atoms with Crippen molar-refractivity contribution in [3.63, 3.8) is 0 Å². The van der Waals surface area contributed by atoms with E-state index in [-0.39, 0.29) is 29.5 Å². The highest BCUT2D eigenvalue weighted by atomic mass is 35.5. The van der Waals surface area contributed by atoms with E-state index in [9.17, 15) is 9.59 Å². The summed E-state index contributed by atoms with van der Waals surface area (Å²) in [5.41, 5.74) is 9.23. The average molecular weight is 509 g/mol. The number of nitrogen functional groups attached to an aromatic ring is 1. The number of aromatic nitrogens is 4. The van der Waals surface area contributed by atoms with Crippen molar-refractivity contribution in [1.29, 1.82) is 0 Å². The van der Waals surface area contributed by atoms with Crippen LogP contribution in [0, 0.1) is 6.92 Å². The number of H-pyrrole nitrogens is 1. The number of rotatable bonds is 9. The number of pyridine rings is 1. The lowest BCUT2D eigenvalue weighted by Gasteiger charge is -2.17. The minimum absolute atomic E-state index is 0.0243. The molecule has 11 heteroatoms. The van der Waals surface area contributed by atoms with Crippen LogP contribution in [0.2, 0.25) is 5.15 Å². The molecule has 0 saturated carbocycles. The number of nitrogens with one attached hydrogen (secondary N) is 2. The summed E-state index contributed by atoms with van der Waals surface area (Å²) in [5.74, 6) is -0.157. The molecule has 3 aromatic rings. The third-order valence-electron chi connectivity index (χ3n) is 6.25. The van der Waals surface area contributed by atoms with Crippen molar-refractivity contribution in [3.05, 3.63) is 63.8 Å². The Bertz CT molecular complexity index is 1300. The molecular formula is C25H29ClN8O2. The molecule has 0 aliphatic carbocycles. The monoisotopic (exact) mass is 508 g/mol. The first-order valence-electron chi connectivity index (χ1n) is 11.8. The third-order valence-corrected chi connectivity index (χ3v) is 6.52. The van der Waals surface area contributed by atoms with Gasteiger partial charge in [-0.3, -0.25) is 19.5 Å². The molecule has 10 nitrogen and oxygen atoms in total. The van der Waals surface area contributed by atoms with Gasteiger partial charge in [-0.05, 0) is 43.3 Å². The van der Waals surface area contributed by atoms with Gasteiger partial charge in [-0.25, -0.2) is 4.98 Å². The summed E-state index contributed by atoms with van der Waals surface area (Å²) in [5, 5.41) is 3.05. The lowest BCUT2D eigenvalue weighted by molar-refractivity contribution is -0.113. The second kappa shape index (κ2) is 10.9. The minimum Gasteiger partial charge on any atom is -0.368 e. The van der Waals surface area contributed by atoms with E-state index in [4.69, 9.17) is 17.3 Å². The summed E-state index contributed by atoms with van der Waals surface area (Å²) in [6, 6.07) is 3.67. The molecule has 4 N–H and O–H groups in total. The lowest BCUT2D eigenvalue weighted by Crippen LogP contribution is -2.34. The molecule has 4 heterocycles. The quantitative estimate of drug-likeness (QED) is 0.299. The molecule has 0 aromatic carbocycles. The van der Waals surface area contributed by atoms with E-state index < -0.39 is 0 Å². The smallest absolute Gasteiger partial charge is 0.260 e. The highest BCUT2D eigenvalue weighted by molar-refractivity contribution is 6.41. The predicted octanol–water partition coefficient (Wildman–Crippen LogP) is 2.90. The van der Waals surface area contributed by atoms with Gasteiger partial charge in [0.2, 0.25) is 5.95 Å². The standard InChI is InChI=1S/C25H29ClN8O2/c1-4-33(5-2)10-9-29-23(35)18-13-30-19(15(18)3)11-17-20-21(26)31-25(27)32-22(20)34(24(17)36)14-16-7-6-8-28-12-16/h6-8,11-13,30H,4-5,9-10,14H2,1-3H3,(H,29,35)(H2,27,31,32)/b17-11-. The molecule has 0 radical (unpaired) electrons. The van der Waals surface area contributed by atoms with Gasteiger partial charge in [0.1, 0.15) is 5.15 Å². The molecule has 0 fully saturated rings.